The van der Waals surface area contributed by atoms with E-state index in [1.165, 1.54) is 24.9 Å². The molecule has 86 valence electrons. The molecule has 1 aromatic carbocycles. The lowest BCUT2D eigenvalue weighted by molar-refractivity contribution is -0.0947. The average molecular weight is 217 g/mol. The molecule has 16 heavy (non-hydrogen) atoms. The number of hydrogen-bond donors (Lipinski definition) is 1. The molecule has 1 N–H and O–H groups in total. The van der Waals surface area contributed by atoms with Crippen LogP contribution in [0.15, 0.2) is 30.3 Å². The molecular formula is C14H19NO. The van der Waals surface area contributed by atoms with E-state index in [-0.39, 0.29) is 0 Å². The smallest absolute Gasteiger partial charge is 0.0588 e. The van der Waals surface area contributed by atoms with Crippen LogP contribution in [-0.2, 0) is 10.2 Å². The van der Waals surface area contributed by atoms with Gasteiger partial charge in [-0.25, -0.2) is 0 Å². The highest BCUT2D eigenvalue weighted by molar-refractivity contribution is 5.29. The van der Waals surface area contributed by atoms with Crippen molar-refractivity contribution in [2.45, 2.75) is 18.3 Å². The van der Waals surface area contributed by atoms with Crippen LogP contribution >= 0.6 is 0 Å². The van der Waals surface area contributed by atoms with Gasteiger partial charge in [-0.3, -0.25) is 0 Å². The van der Waals surface area contributed by atoms with Crippen molar-refractivity contribution < 1.29 is 4.74 Å². The van der Waals surface area contributed by atoms with Crippen molar-refractivity contribution in [1.82, 2.24) is 5.32 Å². The van der Waals surface area contributed by atoms with Gasteiger partial charge < -0.3 is 10.1 Å². The van der Waals surface area contributed by atoms with E-state index in [0.717, 1.165) is 25.7 Å². The number of ether oxygens (including phenoxy) is 1. The Morgan fingerprint density at radius 3 is 2.56 bits per heavy atom. The van der Waals surface area contributed by atoms with Crippen molar-refractivity contribution >= 4 is 0 Å². The lowest BCUT2D eigenvalue weighted by Crippen LogP contribution is -2.56. The summed E-state index contributed by atoms with van der Waals surface area (Å²) in [4.78, 5) is 0. The van der Waals surface area contributed by atoms with Crippen LogP contribution in [0.4, 0.5) is 0 Å². The van der Waals surface area contributed by atoms with E-state index >= 15 is 0 Å². The Hall–Kier alpha value is -0.860. The third kappa shape index (κ3) is 1.57. The van der Waals surface area contributed by atoms with Gasteiger partial charge in [0.15, 0.2) is 0 Å². The average Bonchev–Trinajstić information content (AvgIpc) is 2.31. The fourth-order valence-corrected chi connectivity index (χ4v) is 3.05. The van der Waals surface area contributed by atoms with Crippen LogP contribution < -0.4 is 5.32 Å². The van der Waals surface area contributed by atoms with Gasteiger partial charge in [-0.15, -0.1) is 0 Å². The summed E-state index contributed by atoms with van der Waals surface area (Å²) in [5, 5.41) is 3.52. The summed E-state index contributed by atoms with van der Waals surface area (Å²) in [6.45, 7) is 4.15. The van der Waals surface area contributed by atoms with Gasteiger partial charge in [0.2, 0.25) is 0 Å². The predicted molar refractivity (Wildman–Crippen MR) is 64.5 cm³/mol. The highest BCUT2D eigenvalue weighted by Gasteiger charge is 2.46. The molecule has 2 fully saturated rings. The molecule has 0 radical (unpaired) electrons. The van der Waals surface area contributed by atoms with Gasteiger partial charge in [-0.05, 0) is 37.4 Å². The van der Waals surface area contributed by atoms with Gasteiger partial charge in [0.05, 0.1) is 13.2 Å². The molecule has 0 spiro atoms. The maximum absolute atomic E-state index is 5.52. The van der Waals surface area contributed by atoms with E-state index < -0.39 is 0 Å². The first-order valence-corrected chi connectivity index (χ1v) is 6.26. The highest BCUT2D eigenvalue weighted by atomic mass is 16.5. The monoisotopic (exact) mass is 217 g/mol. The molecule has 0 saturated carbocycles. The van der Waals surface area contributed by atoms with Gasteiger partial charge in [0.25, 0.3) is 0 Å². The fourth-order valence-electron chi connectivity index (χ4n) is 3.05. The third-order valence-electron chi connectivity index (χ3n) is 4.15. The summed E-state index contributed by atoms with van der Waals surface area (Å²) in [7, 11) is 0. The van der Waals surface area contributed by atoms with E-state index in [0.29, 0.717) is 5.41 Å². The maximum atomic E-state index is 5.52. The number of hydrogen-bond acceptors (Lipinski definition) is 2. The summed E-state index contributed by atoms with van der Waals surface area (Å²) in [5.41, 5.74) is 1.77. The summed E-state index contributed by atoms with van der Waals surface area (Å²) in [6, 6.07) is 10.9. The second-order valence-electron chi connectivity index (χ2n) is 5.06. The van der Waals surface area contributed by atoms with Crippen LogP contribution in [0, 0.1) is 5.92 Å². The zero-order valence-corrected chi connectivity index (χ0v) is 9.61. The van der Waals surface area contributed by atoms with Crippen LogP contribution in [0.5, 0.6) is 0 Å². The molecule has 3 rings (SSSR count). The molecule has 2 aliphatic rings. The molecule has 0 aromatic heterocycles. The minimum absolute atomic E-state index is 0.300. The van der Waals surface area contributed by atoms with E-state index in [1.54, 1.807) is 0 Å². The van der Waals surface area contributed by atoms with Crippen LogP contribution in [-0.4, -0.2) is 26.3 Å². The highest BCUT2D eigenvalue weighted by Crippen LogP contribution is 2.42. The second-order valence-corrected chi connectivity index (χ2v) is 5.06. The Kier molecular flexibility index (Phi) is 2.70. The molecule has 1 atom stereocenters. The van der Waals surface area contributed by atoms with Gasteiger partial charge in [-0.2, -0.15) is 0 Å². The number of rotatable bonds is 2. The van der Waals surface area contributed by atoms with Crippen molar-refractivity contribution in [3.05, 3.63) is 35.9 Å². The lowest BCUT2D eigenvalue weighted by atomic mass is 9.66. The van der Waals surface area contributed by atoms with Crippen LogP contribution in [0.25, 0.3) is 0 Å². The molecule has 2 nitrogen and oxygen atoms in total. The Morgan fingerprint density at radius 2 is 2.00 bits per heavy atom. The number of benzene rings is 1. The van der Waals surface area contributed by atoms with Crippen molar-refractivity contribution in [1.29, 1.82) is 0 Å². The summed E-state index contributed by atoms with van der Waals surface area (Å²) in [6.07, 6.45) is 2.64. The Balaban J connectivity index is 1.87. The van der Waals surface area contributed by atoms with Crippen LogP contribution in [0.2, 0.25) is 0 Å². The molecule has 2 heterocycles. The van der Waals surface area contributed by atoms with Gasteiger partial charge in [-0.1, -0.05) is 30.3 Å². The molecule has 0 bridgehead atoms. The summed E-state index contributed by atoms with van der Waals surface area (Å²) < 4.78 is 5.52. The molecule has 0 amide bonds. The van der Waals surface area contributed by atoms with Crippen molar-refractivity contribution in [3.8, 4) is 0 Å². The van der Waals surface area contributed by atoms with Gasteiger partial charge in [0.1, 0.15) is 0 Å². The quantitative estimate of drug-likeness (QED) is 0.817. The third-order valence-corrected chi connectivity index (χ3v) is 4.15. The Morgan fingerprint density at radius 1 is 1.19 bits per heavy atom. The minimum Gasteiger partial charge on any atom is -0.379 e. The standard InChI is InChI=1S/C14H19NO/c1-2-5-12(6-3-1)14(10-16-11-14)13-7-4-8-15-9-13/h1-3,5-6,13,15H,4,7-11H2. The number of piperidine rings is 1. The first-order valence-electron chi connectivity index (χ1n) is 6.26. The summed E-state index contributed by atoms with van der Waals surface area (Å²) >= 11 is 0. The lowest BCUT2D eigenvalue weighted by Gasteiger charge is -2.49. The zero-order chi connectivity index (χ0) is 10.8. The maximum Gasteiger partial charge on any atom is 0.0588 e. The minimum atomic E-state index is 0.300. The summed E-state index contributed by atoms with van der Waals surface area (Å²) in [5.74, 6) is 0.748. The predicted octanol–water partition coefficient (Wildman–Crippen LogP) is 1.95. The molecule has 2 aliphatic heterocycles. The molecular weight excluding hydrogens is 198 g/mol. The normalized spacial score (nSPS) is 28.4. The van der Waals surface area contributed by atoms with Crippen LogP contribution in [0.1, 0.15) is 18.4 Å². The molecule has 2 saturated heterocycles. The van der Waals surface area contributed by atoms with Crippen LogP contribution in [0.3, 0.4) is 0 Å². The largest absolute Gasteiger partial charge is 0.379 e. The van der Waals surface area contributed by atoms with Crippen molar-refractivity contribution in [2.24, 2.45) is 5.92 Å². The SMILES string of the molecule is c1ccc(C2(C3CCCNC3)COC2)cc1. The first-order chi connectivity index (χ1) is 7.92. The Bertz CT molecular complexity index is 339. The molecule has 0 aliphatic carbocycles. The van der Waals surface area contributed by atoms with Gasteiger partial charge in [0, 0.05) is 5.41 Å². The second kappa shape index (κ2) is 4.19. The molecule has 1 aromatic rings. The first kappa shape index (κ1) is 10.3. The topological polar surface area (TPSA) is 21.3 Å². The van der Waals surface area contributed by atoms with Crippen molar-refractivity contribution in [2.75, 3.05) is 26.3 Å². The van der Waals surface area contributed by atoms with E-state index in [2.05, 4.69) is 35.6 Å². The molecule has 2 heteroatoms. The van der Waals surface area contributed by atoms with Gasteiger partial charge >= 0.3 is 0 Å². The van der Waals surface area contributed by atoms with E-state index in [4.69, 9.17) is 4.74 Å². The molecule has 1 unspecified atom stereocenters. The Labute approximate surface area is 97.0 Å². The number of nitrogens with one attached hydrogen (secondary N) is 1. The fraction of sp³-hybridized carbons (Fsp3) is 0.571. The van der Waals surface area contributed by atoms with E-state index in [9.17, 15) is 0 Å². The van der Waals surface area contributed by atoms with Crippen molar-refractivity contribution in [3.63, 3.8) is 0 Å². The zero-order valence-electron chi connectivity index (χ0n) is 9.61. The van der Waals surface area contributed by atoms with E-state index in [1.807, 2.05) is 0 Å².